The minimum Gasteiger partial charge on any atom is -0.449 e. The monoisotopic (exact) mass is 222 g/mol. The fourth-order valence-electron chi connectivity index (χ4n) is 2.31. The zero-order valence-electron chi connectivity index (χ0n) is 8.69. The number of hydrogen-bond acceptors (Lipinski definition) is 3. The standard InChI is InChI=1S/C14H6O3/c15-12-7-3-1-2-4-8(7)13(16)11-9(12)5-6-10-14(11)17-10/h1-6H. The first-order chi connectivity index (χ1) is 8.27. The van der Waals surface area contributed by atoms with E-state index in [1.807, 2.05) is 0 Å². The Labute approximate surface area is 94.6 Å². The fraction of sp³-hybridized carbons (Fsp3) is 0. The maximum atomic E-state index is 12.3. The molecule has 0 unspecified atom stereocenters. The molecule has 0 N–H and O–H groups in total. The Kier molecular flexibility index (Phi) is 1.35. The predicted octanol–water partition coefficient (Wildman–Crippen LogP) is 2.34. The highest BCUT2D eigenvalue weighted by Crippen LogP contribution is 2.30. The van der Waals surface area contributed by atoms with Crippen LogP contribution in [0.4, 0.5) is 0 Å². The zero-order valence-corrected chi connectivity index (χ0v) is 8.69. The summed E-state index contributed by atoms with van der Waals surface area (Å²) in [6.07, 6.45) is 0. The molecule has 0 aliphatic carbocycles. The van der Waals surface area contributed by atoms with E-state index < -0.39 is 0 Å². The van der Waals surface area contributed by atoms with E-state index in [1.54, 1.807) is 36.4 Å². The van der Waals surface area contributed by atoms with Crippen molar-refractivity contribution in [2.24, 2.45) is 0 Å². The van der Waals surface area contributed by atoms with Crippen LogP contribution in [0.5, 0.6) is 0 Å². The van der Waals surface area contributed by atoms with E-state index in [0.29, 0.717) is 32.7 Å². The summed E-state index contributed by atoms with van der Waals surface area (Å²) in [7, 11) is 0. The van der Waals surface area contributed by atoms with Gasteiger partial charge < -0.3 is 4.42 Å². The van der Waals surface area contributed by atoms with Gasteiger partial charge in [0, 0.05) is 16.2 Å². The second-order valence-electron chi connectivity index (χ2n) is 4.12. The second kappa shape index (κ2) is 2.63. The van der Waals surface area contributed by atoms with Gasteiger partial charge in [-0.2, -0.15) is 0 Å². The lowest BCUT2D eigenvalue weighted by molar-refractivity contribution is 0.759. The second-order valence-corrected chi connectivity index (χ2v) is 4.12. The van der Waals surface area contributed by atoms with Gasteiger partial charge >= 0.3 is 0 Å². The molecule has 0 atom stereocenters. The van der Waals surface area contributed by atoms with Crippen LogP contribution >= 0.6 is 0 Å². The highest BCUT2D eigenvalue weighted by molar-refractivity contribution is 6.10. The summed E-state index contributed by atoms with van der Waals surface area (Å²) >= 11 is 0. The normalized spacial score (nSPS) is 12.0. The zero-order chi connectivity index (χ0) is 11.6. The Hall–Kier alpha value is -2.42. The minimum absolute atomic E-state index is 0.103. The predicted molar refractivity (Wildman–Crippen MR) is 66.1 cm³/mol. The Morgan fingerprint density at radius 3 is 2.24 bits per heavy atom. The third-order valence-electron chi connectivity index (χ3n) is 3.18. The summed E-state index contributed by atoms with van der Waals surface area (Å²) in [4.78, 5) is 24.5. The minimum atomic E-state index is -0.121. The largest absolute Gasteiger partial charge is 0.449 e. The van der Waals surface area contributed by atoms with Crippen molar-refractivity contribution in [2.45, 2.75) is 0 Å². The lowest BCUT2D eigenvalue weighted by atomic mass is 10.0. The van der Waals surface area contributed by atoms with Crippen molar-refractivity contribution in [2.75, 3.05) is 0 Å². The molecule has 0 aliphatic rings. The van der Waals surface area contributed by atoms with Gasteiger partial charge in [-0.3, -0.25) is 9.59 Å². The first kappa shape index (κ1) is 8.70. The summed E-state index contributed by atoms with van der Waals surface area (Å²) < 4.78 is 5.20. The van der Waals surface area contributed by atoms with Gasteiger partial charge in [0.1, 0.15) is 0 Å². The van der Waals surface area contributed by atoms with Crippen molar-refractivity contribution in [1.82, 2.24) is 0 Å². The van der Waals surface area contributed by atoms with Crippen LogP contribution in [0, 0.1) is 0 Å². The quantitative estimate of drug-likeness (QED) is 0.429. The van der Waals surface area contributed by atoms with Crippen LogP contribution in [0.3, 0.4) is 0 Å². The van der Waals surface area contributed by atoms with Gasteiger partial charge in [-0.1, -0.05) is 24.3 Å². The average Bonchev–Trinajstić information content (AvgIpc) is 3.14. The maximum Gasteiger partial charge on any atom is 0.198 e. The summed E-state index contributed by atoms with van der Waals surface area (Å²) in [5, 5.41) is 1.82. The fourth-order valence-corrected chi connectivity index (χ4v) is 2.31. The van der Waals surface area contributed by atoms with Crippen LogP contribution in [0.2, 0.25) is 0 Å². The molecule has 0 saturated carbocycles. The molecule has 3 heteroatoms. The molecule has 0 bridgehead atoms. The van der Waals surface area contributed by atoms with Gasteiger partial charge in [0.2, 0.25) is 0 Å². The summed E-state index contributed by atoms with van der Waals surface area (Å²) in [6, 6.07) is 10.3. The SMILES string of the molecule is O=c1c2ccccc2c(=O)c2c1ccc1oc12. The summed E-state index contributed by atoms with van der Waals surface area (Å²) in [5.74, 6) is 0. The van der Waals surface area contributed by atoms with Crippen LogP contribution in [0.25, 0.3) is 32.7 Å². The van der Waals surface area contributed by atoms with Crippen LogP contribution in [0.1, 0.15) is 0 Å². The van der Waals surface area contributed by atoms with E-state index in [-0.39, 0.29) is 10.9 Å². The van der Waals surface area contributed by atoms with E-state index in [9.17, 15) is 9.59 Å². The van der Waals surface area contributed by atoms with Crippen LogP contribution < -0.4 is 10.9 Å². The Morgan fingerprint density at radius 1 is 0.765 bits per heavy atom. The van der Waals surface area contributed by atoms with Gasteiger partial charge in [-0.15, -0.1) is 0 Å². The van der Waals surface area contributed by atoms with Gasteiger partial charge in [0.15, 0.2) is 22.0 Å². The molecule has 3 aromatic carbocycles. The molecule has 0 saturated heterocycles. The first-order valence-corrected chi connectivity index (χ1v) is 5.30. The van der Waals surface area contributed by atoms with Crippen molar-refractivity contribution < 1.29 is 4.42 Å². The highest BCUT2D eigenvalue weighted by Gasteiger charge is 2.18. The molecule has 4 rings (SSSR count). The molecule has 0 amide bonds. The van der Waals surface area contributed by atoms with Crippen LogP contribution in [-0.4, -0.2) is 0 Å². The third kappa shape index (κ3) is 0.959. The van der Waals surface area contributed by atoms with Crippen LogP contribution in [0.15, 0.2) is 50.4 Å². The first-order valence-electron chi connectivity index (χ1n) is 5.30. The van der Waals surface area contributed by atoms with E-state index in [0.717, 1.165) is 0 Å². The number of hydrogen-bond donors (Lipinski definition) is 0. The number of fused-ring (bicyclic) bond motifs is 4. The van der Waals surface area contributed by atoms with Gasteiger partial charge in [-0.05, 0) is 12.1 Å². The van der Waals surface area contributed by atoms with Gasteiger partial charge in [0.25, 0.3) is 0 Å². The van der Waals surface area contributed by atoms with E-state index in [4.69, 9.17) is 4.42 Å². The molecular weight excluding hydrogens is 216 g/mol. The van der Waals surface area contributed by atoms with E-state index in [1.165, 1.54) is 0 Å². The van der Waals surface area contributed by atoms with E-state index in [2.05, 4.69) is 0 Å². The lowest BCUT2D eigenvalue weighted by Crippen LogP contribution is -2.12. The molecule has 80 valence electrons. The molecule has 0 aliphatic heterocycles. The Balaban J connectivity index is 2.50. The molecule has 3 nitrogen and oxygen atoms in total. The van der Waals surface area contributed by atoms with Crippen molar-refractivity contribution in [3.8, 4) is 0 Å². The Morgan fingerprint density at radius 2 is 1.47 bits per heavy atom. The lowest BCUT2D eigenvalue weighted by Gasteiger charge is -1.97. The Bertz CT molecular complexity index is 966. The number of benzene rings is 3. The third-order valence-corrected chi connectivity index (χ3v) is 3.18. The van der Waals surface area contributed by atoms with Crippen molar-refractivity contribution >= 4 is 32.7 Å². The molecule has 1 heterocycles. The molecule has 17 heavy (non-hydrogen) atoms. The smallest absolute Gasteiger partial charge is 0.198 e. The van der Waals surface area contributed by atoms with Gasteiger partial charge in [-0.25, -0.2) is 0 Å². The highest BCUT2D eigenvalue weighted by atomic mass is 16.4. The molecule has 0 fully saturated rings. The molecule has 1 aromatic heterocycles. The summed E-state index contributed by atoms with van der Waals surface area (Å²) in [5.41, 5.74) is 1.04. The molecule has 0 radical (unpaired) electrons. The molecule has 4 aromatic rings. The summed E-state index contributed by atoms with van der Waals surface area (Å²) in [6.45, 7) is 0. The topological polar surface area (TPSA) is 47.3 Å². The van der Waals surface area contributed by atoms with Crippen molar-refractivity contribution in [1.29, 1.82) is 0 Å². The van der Waals surface area contributed by atoms with Crippen molar-refractivity contribution in [3.05, 3.63) is 56.8 Å². The van der Waals surface area contributed by atoms with E-state index >= 15 is 0 Å². The molecule has 0 spiro atoms. The maximum absolute atomic E-state index is 12.3. The van der Waals surface area contributed by atoms with Crippen LogP contribution in [-0.2, 0) is 0 Å². The number of rotatable bonds is 0. The molecular formula is C14H6O3. The van der Waals surface area contributed by atoms with Crippen molar-refractivity contribution in [3.63, 3.8) is 0 Å². The van der Waals surface area contributed by atoms with Gasteiger partial charge in [0.05, 0.1) is 5.39 Å². The average molecular weight is 222 g/mol.